The minimum Gasteiger partial charge on any atom is -0.497 e. The van der Waals surface area contributed by atoms with E-state index in [2.05, 4.69) is 75.2 Å². The van der Waals surface area contributed by atoms with Crippen LogP contribution < -0.4 is 4.74 Å². The topological polar surface area (TPSA) is 44.9 Å². The van der Waals surface area contributed by atoms with Crippen molar-refractivity contribution in [1.29, 1.82) is 0 Å². The van der Waals surface area contributed by atoms with E-state index < -0.39 is 0 Å². The summed E-state index contributed by atoms with van der Waals surface area (Å²) in [6.45, 7) is 0.688. The maximum atomic E-state index is 5.38. The predicted molar refractivity (Wildman–Crippen MR) is 148 cm³/mol. The van der Waals surface area contributed by atoms with E-state index in [9.17, 15) is 0 Å². The lowest BCUT2D eigenvalue weighted by Crippen LogP contribution is -2.02. The van der Waals surface area contributed by atoms with Crippen LogP contribution in [0.4, 0.5) is 0 Å². The molecule has 0 saturated heterocycles. The number of halogens is 1. The summed E-state index contributed by atoms with van der Waals surface area (Å²) in [5.74, 6) is 1.69. The van der Waals surface area contributed by atoms with Gasteiger partial charge in [-0.15, -0.1) is 0 Å². The normalized spacial score (nSPS) is 11.2. The van der Waals surface area contributed by atoms with Gasteiger partial charge in [-0.05, 0) is 66.2 Å². The number of hydrogen-bond acceptors (Lipinski definition) is 3. The molecule has 0 aliphatic heterocycles. The highest BCUT2D eigenvalue weighted by Gasteiger charge is 2.21. The van der Waals surface area contributed by atoms with Crippen molar-refractivity contribution < 1.29 is 4.74 Å². The third kappa shape index (κ3) is 4.20. The summed E-state index contributed by atoms with van der Waals surface area (Å²) >= 11 is 3.61. The Morgan fingerprint density at radius 3 is 2.39 bits per heavy atom. The lowest BCUT2D eigenvalue weighted by molar-refractivity contribution is 0.415. The van der Waals surface area contributed by atoms with Crippen LogP contribution in [0.3, 0.4) is 0 Å². The van der Waals surface area contributed by atoms with Gasteiger partial charge in [0.2, 0.25) is 0 Å². The highest BCUT2D eigenvalue weighted by atomic mass is 79.9. The van der Waals surface area contributed by atoms with Gasteiger partial charge in [-0.25, -0.2) is 9.67 Å². The molecule has 0 aliphatic carbocycles. The predicted octanol–water partition coefficient (Wildman–Crippen LogP) is 7.38. The van der Waals surface area contributed by atoms with Crippen LogP contribution in [0.1, 0.15) is 5.56 Å². The summed E-state index contributed by atoms with van der Waals surface area (Å²) in [6.07, 6.45) is 2.08. The molecule has 6 heteroatoms. The number of aromatic nitrogens is 4. The van der Waals surface area contributed by atoms with Crippen molar-refractivity contribution in [2.75, 3.05) is 7.11 Å². The van der Waals surface area contributed by atoms with Crippen LogP contribution in [-0.2, 0) is 6.54 Å². The van der Waals surface area contributed by atoms with E-state index in [-0.39, 0.29) is 0 Å². The second kappa shape index (κ2) is 9.47. The quantitative estimate of drug-likeness (QED) is 0.224. The van der Waals surface area contributed by atoms with Crippen molar-refractivity contribution >= 4 is 27.0 Å². The number of fused-ring (bicyclic) bond motifs is 1. The molecule has 0 N–H and O–H groups in total. The first kappa shape index (κ1) is 22.3. The Balaban J connectivity index is 1.57. The number of ether oxygens (including phenoxy) is 1. The molecule has 176 valence electrons. The van der Waals surface area contributed by atoms with E-state index in [0.29, 0.717) is 6.54 Å². The zero-order chi connectivity index (χ0) is 24.5. The van der Waals surface area contributed by atoms with Gasteiger partial charge in [0.05, 0.1) is 29.4 Å². The highest BCUT2D eigenvalue weighted by Crippen LogP contribution is 2.35. The summed E-state index contributed by atoms with van der Waals surface area (Å²) in [7, 11) is 1.68. The summed E-state index contributed by atoms with van der Waals surface area (Å²) in [5.41, 5.74) is 7.06. The maximum absolute atomic E-state index is 5.38. The SMILES string of the molecule is COc1ccc(-c2nn(-c3ccccc3)cc2-c2nc3ccccc3n2Cc2cccc(Br)c2)cc1. The van der Waals surface area contributed by atoms with Crippen molar-refractivity contribution in [2.45, 2.75) is 6.54 Å². The Morgan fingerprint density at radius 2 is 1.61 bits per heavy atom. The molecule has 0 fully saturated rings. The Labute approximate surface area is 217 Å². The number of rotatable bonds is 6. The van der Waals surface area contributed by atoms with Gasteiger partial charge >= 0.3 is 0 Å². The molecule has 0 atom stereocenters. The fourth-order valence-electron chi connectivity index (χ4n) is 4.47. The number of imidazole rings is 1. The molecule has 0 spiro atoms. The molecule has 0 saturated carbocycles. The Bertz CT molecular complexity index is 1650. The van der Waals surface area contributed by atoms with Gasteiger partial charge in [0.1, 0.15) is 17.3 Å². The fourth-order valence-corrected chi connectivity index (χ4v) is 4.92. The van der Waals surface area contributed by atoms with E-state index in [1.54, 1.807) is 7.11 Å². The Hall–Kier alpha value is -4.16. The lowest BCUT2D eigenvalue weighted by Gasteiger charge is -2.10. The molecule has 4 aromatic carbocycles. The molecular formula is C30H23BrN4O. The molecule has 6 aromatic rings. The molecular weight excluding hydrogens is 512 g/mol. The second-order valence-corrected chi connectivity index (χ2v) is 9.46. The van der Waals surface area contributed by atoms with Crippen LogP contribution >= 0.6 is 15.9 Å². The van der Waals surface area contributed by atoms with Gasteiger partial charge in [0, 0.05) is 22.8 Å². The minimum absolute atomic E-state index is 0.688. The lowest BCUT2D eigenvalue weighted by atomic mass is 10.1. The van der Waals surface area contributed by atoms with Gasteiger partial charge in [-0.3, -0.25) is 0 Å². The first-order valence-electron chi connectivity index (χ1n) is 11.7. The van der Waals surface area contributed by atoms with Crippen LogP contribution in [-0.4, -0.2) is 26.4 Å². The van der Waals surface area contributed by atoms with Crippen molar-refractivity contribution in [3.05, 3.63) is 119 Å². The smallest absolute Gasteiger partial charge is 0.145 e. The number of benzene rings is 4. The molecule has 0 radical (unpaired) electrons. The molecule has 0 bridgehead atoms. The standard InChI is InChI=1S/C30H23BrN4O/c1-36-25-16-14-22(15-17-25)29-26(20-35(33-29)24-10-3-2-4-11-24)30-32-27-12-5-6-13-28(27)34(30)19-21-8-7-9-23(31)18-21/h2-18,20H,19H2,1H3. The number of nitrogens with zero attached hydrogens (tertiary/aromatic N) is 4. The van der Waals surface area contributed by atoms with Crippen LogP contribution in [0.5, 0.6) is 5.75 Å². The van der Waals surface area contributed by atoms with E-state index in [1.165, 1.54) is 5.56 Å². The van der Waals surface area contributed by atoms with E-state index in [1.807, 2.05) is 59.3 Å². The summed E-state index contributed by atoms with van der Waals surface area (Å²) in [5, 5.41) is 5.03. The van der Waals surface area contributed by atoms with Crippen LogP contribution in [0.25, 0.3) is 39.4 Å². The Kier molecular flexibility index (Phi) is 5.87. The van der Waals surface area contributed by atoms with Gasteiger partial charge in [-0.1, -0.05) is 58.4 Å². The highest BCUT2D eigenvalue weighted by molar-refractivity contribution is 9.10. The third-order valence-corrected chi connectivity index (χ3v) is 6.72. The fraction of sp³-hybridized carbons (Fsp3) is 0.0667. The zero-order valence-corrected chi connectivity index (χ0v) is 21.3. The first-order valence-corrected chi connectivity index (χ1v) is 12.5. The van der Waals surface area contributed by atoms with Crippen LogP contribution in [0.15, 0.2) is 114 Å². The molecule has 0 aliphatic rings. The zero-order valence-electron chi connectivity index (χ0n) is 19.7. The summed E-state index contributed by atoms with van der Waals surface area (Å²) in [4.78, 5) is 5.10. The van der Waals surface area contributed by atoms with Crippen LogP contribution in [0, 0.1) is 0 Å². The molecule has 0 unspecified atom stereocenters. The third-order valence-electron chi connectivity index (χ3n) is 6.22. The van der Waals surface area contributed by atoms with Gasteiger partial charge in [0.15, 0.2) is 0 Å². The Morgan fingerprint density at radius 1 is 0.833 bits per heavy atom. The van der Waals surface area contributed by atoms with E-state index in [4.69, 9.17) is 14.8 Å². The molecule has 36 heavy (non-hydrogen) atoms. The van der Waals surface area contributed by atoms with Gasteiger partial charge in [0.25, 0.3) is 0 Å². The largest absolute Gasteiger partial charge is 0.497 e. The van der Waals surface area contributed by atoms with E-state index >= 15 is 0 Å². The van der Waals surface area contributed by atoms with Crippen molar-refractivity contribution in [3.8, 4) is 34.1 Å². The summed E-state index contributed by atoms with van der Waals surface area (Å²) in [6, 6.07) is 34.8. The molecule has 5 nitrogen and oxygen atoms in total. The average Bonchev–Trinajstić information content (AvgIpc) is 3.52. The number of methoxy groups -OCH3 is 1. The molecule has 2 heterocycles. The number of para-hydroxylation sites is 3. The number of hydrogen-bond donors (Lipinski definition) is 0. The van der Waals surface area contributed by atoms with Crippen molar-refractivity contribution in [2.24, 2.45) is 0 Å². The van der Waals surface area contributed by atoms with Crippen LogP contribution in [0.2, 0.25) is 0 Å². The molecule has 2 aromatic heterocycles. The van der Waals surface area contributed by atoms with Crippen molar-refractivity contribution in [1.82, 2.24) is 19.3 Å². The van der Waals surface area contributed by atoms with E-state index in [0.717, 1.165) is 49.6 Å². The maximum Gasteiger partial charge on any atom is 0.145 e. The van der Waals surface area contributed by atoms with Gasteiger partial charge in [-0.2, -0.15) is 5.10 Å². The van der Waals surface area contributed by atoms with Gasteiger partial charge < -0.3 is 9.30 Å². The molecule has 6 rings (SSSR count). The minimum atomic E-state index is 0.688. The summed E-state index contributed by atoms with van der Waals surface area (Å²) < 4.78 is 10.6. The van der Waals surface area contributed by atoms with Crippen molar-refractivity contribution in [3.63, 3.8) is 0 Å². The monoisotopic (exact) mass is 534 g/mol. The second-order valence-electron chi connectivity index (χ2n) is 8.54. The average molecular weight is 535 g/mol. The first-order chi connectivity index (χ1) is 17.7. The molecule has 0 amide bonds.